The van der Waals surface area contributed by atoms with Crippen LogP contribution in [0.5, 0.6) is 0 Å². The number of nitrogens with zero attached hydrogens (tertiary/aromatic N) is 2. The molecule has 1 unspecified atom stereocenters. The fourth-order valence-electron chi connectivity index (χ4n) is 2.05. The van der Waals surface area contributed by atoms with Crippen LogP contribution >= 0.6 is 0 Å². The van der Waals surface area contributed by atoms with E-state index in [1.165, 1.54) is 0 Å². The molecular weight excluding hydrogens is 305 g/mol. The minimum absolute atomic E-state index is 0.164. The highest BCUT2D eigenvalue weighted by molar-refractivity contribution is 6.40. The summed E-state index contributed by atoms with van der Waals surface area (Å²) < 4.78 is 44.7. The van der Waals surface area contributed by atoms with Gasteiger partial charge in [0.2, 0.25) is 5.78 Å². The average molecular weight is 316 g/mol. The van der Waals surface area contributed by atoms with Crippen molar-refractivity contribution < 1.29 is 27.6 Å². The summed E-state index contributed by atoms with van der Waals surface area (Å²) >= 11 is 0. The zero-order valence-corrected chi connectivity index (χ0v) is 11.5. The van der Waals surface area contributed by atoms with Crippen LogP contribution in [0, 0.1) is 10.1 Å². The molecule has 2 rings (SSSR count). The smallest absolute Gasteiger partial charge is 0.403 e. The minimum Gasteiger partial charge on any atom is -0.472 e. The molecule has 1 aromatic rings. The number of Topliss-reactive ketones (excluding diaryl/α,β-unsaturated/α-hetero) is 1. The molecule has 0 radical (unpaired) electrons. The Labute approximate surface area is 122 Å². The van der Waals surface area contributed by atoms with Gasteiger partial charge < -0.3 is 4.74 Å². The van der Waals surface area contributed by atoms with Gasteiger partial charge in [-0.2, -0.15) is 13.2 Å². The summed E-state index contributed by atoms with van der Waals surface area (Å²) in [5, 5.41) is 10.7. The number of rotatable bonds is 2. The average Bonchev–Trinajstić information content (AvgIpc) is 2.36. The molecule has 1 atom stereocenters. The zero-order valence-electron chi connectivity index (χ0n) is 11.5. The highest BCUT2D eigenvalue weighted by Crippen LogP contribution is 2.44. The van der Waals surface area contributed by atoms with E-state index in [0.717, 1.165) is 18.2 Å². The third-order valence-electron chi connectivity index (χ3n) is 2.90. The Morgan fingerprint density at radius 3 is 2.50 bits per heavy atom. The first-order valence-electron chi connectivity index (χ1n) is 6.26. The lowest BCUT2D eigenvalue weighted by atomic mass is 9.89. The summed E-state index contributed by atoms with van der Waals surface area (Å²) in [6.45, 7) is 3.09. The molecule has 1 aromatic carbocycles. The van der Waals surface area contributed by atoms with E-state index in [-0.39, 0.29) is 5.69 Å². The van der Waals surface area contributed by atoms with E-state index in [9.17, 15) is 28.1 Å². The number of non-ortho nitro benzene ring substituents is 1. The van der Waals surface area contributed by atoms with Crippen LogP contribution in [0.3, 0.4) is 0 Å². The van der Waals surface area contributed by atoms with Crippen molar-refractivity contribution in [2.24, 2.45) is 4.99 Å². The van der Waals surface area contributed by atoms with Crippen molar-refractivity contribution in [3.05, 3.63) is 33.9 Å². The lowest BCUT2D eigenvalue weighted by molar-refractivity contribution is -0.384. The second kappa shape index (κ2) is 5.39. The molecular formula is C13H11F3N2O4. The Hall–Kier alpha value is -2.45. The summed E-state index contributed by atoms with van der Waals surface area (Å²) in [6, 6.07) is 2.82. The van der Waals surface area contributed by atoms with Crippen LogP contribution in [0.25, 0.3) is 0 Å². The van der Waals surface area contributed by atoms with Gasteiger partial charge in [0.15, 0.2) is 5.92 Å². The van der Waals surface area contributed by atoms with Crippen LogP contribution in [-0.4, -0.2) is 28.9 Å². The van der Waals surface area contributed by atoms with Crippen molar-refractivity contribution in [2.75, 3.05) is 0 Å². The van der Waals surface area contributed by atoms with E-state index >= 15 is 0 Å². The first-order chi connectivity index (χ1) is 10.1. The molecule has 0 fully saturated rings. The summed E-state index contributed by atoms with van der Waals surface area (Å²) in [5.41, 5.74) is -1.24. The van der Waals surface area contributed by atoms with Gasteiger partial charge in [-0.25, -0.2) is 4.99 Å². The molecule has 0 aliphatic carbocycles. The van der Waals surface area contributed by atoms with Gasteiger partial charge >= 0.3 is 6.18 Å². The lowest BCUT2D eigenvalue weighted by Gasteiger charge is -2.25. The number of hydrogen-bond acceptors (Lipinski definition) is 5. The van der Waals surface area contributed by atoms with Gasteiger partial charge in [-0.3, -0.25) is 14.9 Å². The Morgan fingerprint density at radius 1 is 1.36 bits per heavy atom. The fraction of sp³-hybridized carbons (Fsp3) is 0.385. The second-order valence-electron chi connectivity index (χ2n) is 4.92. The van der Waals surface area contributed by atoms with Gasteiger partial charge in [0.05, 0.1) is 16.7 Å². The molecule has 0 saturated carbocycles. The van der Waals surface area contributed by atoms with E-state index < -0.39 is 46.1 Å². The molecule has 9 heteroatoms. The first kappa shape index (κ1) is 15.9. The third-order valence-corrected chi connectivity index (χ3v) is 2.90. The van der Waals surface area contributed by atoms with Crippen molar-refractivity contribution >= 4 is 23.1 Å². The molecule has 0 N–H and O–H groups in total. The predicted octanol–water partition coefficient (Wildman–Crippen LogP) is 3.28. The van der Waals surface area contributed by atoms with Crippen LogP contribution in [0.15, 0.2) is 23.2 Å². The van der Waals surface area contributed by atoms with Crippen molar-refractivity contribution in [3.8, 4) is 0 Å². The highest BCUT2D eigenvalue weighted by atomic mass is 19.4. The van der Waals surface area contributed by atoms with E-state index in [2.05, 4.69) is 4.99 Å². The number of nitro benzene ring substituents is 1. The van der Waals surface area contributed by atoms with Crippen molar-refractivity contribution in [1.29, 1.82) is 0 Å². The van der Waals surface area contributed by atoms with E-state index in [1.54, 1.807) is 13.8 Å². The maximum absolute atomic E-state index is 13.2. The number of carbonyl (C=O) groups excluding carboxylic acids is 1. The Morgan fingerprint density at radius 2 is 2.00 bits per heavy atom. The number of aliphatic imine (C=N–C) groups is 1. The van der Waals surface area contributed by atoms with Gasteiger partial charge in [-0.15, -0.1) is 0 Å². The number of carbonyl (C=O) groups is 1. The SMILES string of the molecule is CC(C)OC1=Nc2ccc([N+](=O)[O-])cc2C(C(F)(F)F)C1=O. The molecule has 0 saturated heterocycles. The van der Waals surface area contributed by atoms with Crippen LogP contribution in [0.4, 0.5) is 24.5 Å². The van der Waals surface area contributed by atoms with E-state index in [4.69, 9.17) is 4.74 Å². The number of benzene rings is 1. The maximum atomic E-state index is 13.2. The van der Waals surface area contributed by atoms with Crippen molar-refractivity contribution in [3.63, 3.8) is 0 Å². The molecule has 6 nitrogen and oxygen atoms in total. The minimum atomic E-state index is -4.90. The van der Waals surface area contributed by atoms with Crippen LogP contribution < -0.4 is 0 Å². The van der Waals surface area contributed by atoms with Crippen molar-refractivity contribution in [2.45, 2.75) is 32.0 Å². The summed E-state index contributed by atoms with van der Waals surface area (Å²) in [6.07, 6.45) is -5.43. The summed E-state index contributed by atoms with van der Waals surface area (Å²) in [4.78, 5) is 25.6. The van der Waals surface area contributed by atoms with E-state index in [1.807, 2.05) is 0 Å². The highest BCUT2D eigenvalue weighted by Gasteiger charge is 2.51. The Balaban J connectivity index is 2.62. The Bertz CT molecular complexity index is 668. The molecule has 22 heavy (non-hydrogen) atoms. The first-order valence-corrected chi connectivity index (χ1v) is 6.26. The fourth-order valence-corrected chi connectivity index (χ4v) is 2.05. The standard InChI is InChI=1S/C13H11F3N2O4/c1-6(2)22-12-11(19)10(13(14,15)16)8-5-7(18(20)21)3-4-9(8)17-12/h3-6,10H,1-2H3. The Kier molecular flexibility index (Phi) is 3.90. The lowest BCUT2D eigenvalue weighted by Crippen LogP contribution is -2.37. The second-order valence-corrected chi connectivity index (χ2v) is 4.92. The maximum Gasteiger partial charge on any atom is 0.403 e. The number of hydrogen-bond donors (Lipinski definition) is 0. The van der Waals surface area contributed by atoms with Crippen LogP contribution in [0.2, 0.25) is 0 Å². The summed E-state index contributed by atoms with van der Waals surface area (Å²) in [7, 11) is 0. The van der Waals surface area contributed by atoms with Gasteiger partial charge in [-0.05, 0) is 19.9 Å². The largest absolute Gasteiger partial charge is 0.472 e. The molecule has 118 valence electrons. The zero-order chi connectivity index (χ0) is 16.7. The van der Waals surface area contributed by atoms with Gasteiger partial charge in [0.25, 0.3) is 11.6 Å². The van der Waals surface area contributed by atoms with Crippen molar-refractivity contribution in [1.82, 2.24) is 0 Å². The molecule has 1 aliphatic rings. The topological polar surface area (TPSA) is 81.8 Å². The predicted molar refractivity (Wildman–Crippen MR) is 70.2 cm³/mol. The molecule has 0 amide bonds. The van der Waals surface area contributed by atoms with Gasteiger partial charge in [0, 0.05) is 17.7 Å². The number of fused-ring (bicyclic) bond motifs is 1. The molecule has 0 spiro atoms. The number of alkyl halides is 3. The van der Waals surface area contributed by atoms with Crippen LogP contribution in [-0.2, 0) is 9.53 Å². The third kappa shape index (κ3) is 2.92. The van der Waals surface area contributed by atoms with Gasteiger partial charge in [-0.1, -0.05) is 0 Å². The summed E-state index contributed by atoms with van der Waals surface area (Å²) in [5.74, 6) is -4.51. The van der Waals surface area contributed by atoms with E-state index in [0.29, 0.717) is 0 Å². The normalized spacial score (nSPS) is 18.0. The molecule has 0 bridgehead atoms. The van der Waals surface area contributed by atoms with Gasteiger partial charge in [0.1, 0.15) is 0 Å². The number of halogens is 3. The molecule has 1 heterocycles. The molecule has 1 aliphatic heterocycles. The number of ketones is 1. The monoisotopic (exact) mass is 316 g/mol. The number of ether oxygens (including phenoxy) is 1. The molecule has 0 aromatic heterocycles. The number of nitro groups is 1. The quantitative estimate of drug-likeness (QED) is 0.619. The van der Waals surface area contributed by atoms with Crippen LogP contribution in [0.1, 0.15) is 25.3 Å².